The molecule has 0 nitrogen and oxygen atoms in total. The molecular weight excluding hydrogens is 1110 g/mol. The van der Waals surface area contributed by atoms with Crippen LogP contribution in [0.3, 0.4) is 0 Å². The highest BCUT2D eigenvalue weighted by atomic mass is 35.6. The van der Waals surface area contributed by atoms with Crippen molar-refractivity contribution in [1.82, 2.24) is 0 Å². The van der Waals surface area contributed by atoms with E-state index in [0.717, 1.165) is 0 Å². The van der Waals surface area contributed by atoms with E-state index in [9.17, 15) is 0 Å². The minimum absolute atomic E-state index is 1.84. The van der Waals surface area contributed by atoms with Gasteiger partial charge < -0.3 is 0 Å². The fraction of sp³-hybridized carbons (Fsp3) is 1.00. The standard InChI is InChI=1S/C13HCl27/c14-1(15)2(16,17)4(19,20)6(23,24)8(27,28)10(31,32)11(33,34)9(29,30)7(25,26)5(21,22)3(18,12(35,36)37)13(38,39)40/h1H. The van der Waals surface area contributed by atoms with Crippen molar-refractivity contribution in [2.45, 2.75) is 56.3 Å². The Morgan fingerprint density at radius 2 is 0.425 bits per heavy atom. The summed E-state index contributed by atoms with van der Waals surface area (Å²) in [5.74, 6) is 0. The third-order valence-electron chi connectivity index (χ3n) is 4.67. The first-order valence-electron chi connectivity index (χ1n) is 8.20. The Balaban J connectivity index is 7.49. The van der Waals surface area contributed by atoms with Crippen molar-refractivity contribution in [3.05, 3.63) is 0 Å². The predicted molar refractivity (Wildman–Crippen MR) is 195 cm³/mol. The van der Waals surface area contributed by atoms with Crippen molar-refractivity contribution >= 4 is 313 Å². The Morgan fingerprint density at radius 3 is 0.600 bits per heavy atom. The molecule has 0 bridgehead atoms. The Labute approximate surface area is 363 Å². The van der Waals surface area contributed by atoms with Crippen LogP contribution in [0.2, 0.25) is 0 Å². The lowest BCUT2D eigenvalue weighted by Crippen LogP contribution is -2.75. The van der Waals surface area contributed by atoms with Crippen LogP contribution in [0.4, 0.5) is 0 Å². The van der Waals surface area contributed by atoms with Crippen molar-refractivity contribution in [1.29, 1.82) is 0 Å². The van der Waals surface area contributed by atoms with Gasteiger partial charge in [-0.3, -0.25) is 0 Å². The summed E-state index contributed by atoms with van der Waals surface area (Å²) in [5.41, 5.74) is 0. The molecular formula is C13HCl27. The number of hydrogen-bond donors (Lipinski definition) is 0. The van der Waals surface area contributed by atoms with E-state index in [0.29, 0.717) is 0 Å². The summed E-state index contributed by atoms with van der Waals surface area (Å²) in [4.78, 5) is -5.01. The Morgan fingerprint density at radius 1 is 0.250 bits per heavy atom. The first-order chi connectivity index (χ1) is 16.7. The molecule has 0 unspecified atom stereocenters. The molecule has 0 atom stereocenters. The predicted octanol–water partition coefficient (Wildman–Crippen LogP) is 16.1. The molecule has 0 radical (unpaired) electrons. The SMILES string of the molecule is ClC(Cl)C(Cl)(Cl)C(Cl)(Cl)C(Cl)(Cl)C(Cl)(Cl)C(Cl)(Cl)C(Cl)(Cl)C(Cl)(Cl)C(Cl)(Cl)C(Cl)(Cl)C(Cl)(C(Cl)(Cl)Cl)C(Cl)(Cl)Cl. The molecule has 27 heteroatoms. The number of rotatable bonds is 10. The molecule has 0 aliphatic rings. The molecule has 0 amide bonds. The van der Waals surface area contributed by atoms with Crippen molar-refractivity contribution in [3.8, 4) is 0 Å². The second-order valence-corrected chi connectivity index (χ2v) is 25.4. The molecule has 0 spiro atoms. The van der Waals surface area contributed by atoms with Crippen LogP contribution in [0.1, 0.15) is 0 Å². The fourth-order valence-electron chi connectivity index (χ4n) is 2.26. The molecule has 0 fully saturated rings. The van der Waals surface area contributed by atoms with Gasteiger partial charge in [-0.05, 0) is 0 Å². The highest BCUT2D eigenvalue weighted by molar-refractivity contribution is 6.84. The van der Waals surface area contributed by atoms with Gasteiger partial charge in [0.1, 0.15) is 4.84 Å². The number of alkyl halides is 27. The Hall–Kier alpha value is 7.83. The van der Waals surface area contributed by atoms with Gasteiger partial charge in [0.15, 0.2) is 43.9 Å². The van der Waals surface area contributed by atoms with Gasteiger partial charge in [0.25, 0.3) is 0 Å². The van der Waals surface area contributed by atoms with E-state index in [-0.39, 0.29) is 0 Å². The number of halogens is 27. The zero-order valence-electron chi connectivity index (χ0n) is 16.8. The Bertz CT molecular complexity index is 898. The summed E-state index contributed by atoms with van der Waals surface area (Å²) in [6.45, 7) is 0. The minimum atomic E-state index is -3.42. The smallest absolute Gasteiger partial charge is 0.106 e. The normalized spacial score (nSPS) is 17.1. The topological polar surface area (TPSA) is 0 Å². The van der Waals surface area contributed by atoms with Crippen molar-refractivity contribution < 1.29 is 0 Å². The van der Waals surface area contributed by atoms with Crippen LogP contribution in [0.25, 0.3) is 0 Å². The average molecular weight is 1110 g/mol. The van der Waals surface area contributed by atoms with E-state index < -0.39 is 56.3 Å². The van der Waals surface area contributed by atoms with Gasteiger partial charge in [0.05, 0.1) is 0 Å². The molecule has 242 valence electrons. The molecule has 0 rings (SSSR count). The summed E-state index contributed by atoms with van der Waals surface area (Å²) >= 11 is 167. The maximum Gasteiger partial charge on any atom is 0.216 e. The molecule has 0 N–H and O–H groups in total. The Kier molecular flexibility index (Phi) is 17.1. The average Bonchev–Trinajstić information content (AvgIpc) is 2.69. The van der Waals surface area contributed by atoms with Crippen LogP contribution in [0.15, 0.2) is 0 Å². The van der Waals surface area contributed by atoms with Gasteiger partial charge in [-0.1, -0.05) is 278 Å². The summed E-state index contributed by atoms with van der Waals surface area (Å²) in [7, 11) is 0. The highest BCUT2D eigenvalue weighted by Gasteiger charge is 2.86. The van der Waals surface area contributed by atoms with Crippen LogP contribution < -0.4 is 0 Å². The lowest BCUT2D eigenvalue weighted by Gasteiger charge is -2.58. The molecule has 0 saturated carbocycles. The maximum absolute atomic E-state index is 6.43. The van der Waals surface area contributed by atoms with Crippen LogP contribution in [0, 0.1) is 0 Å². The van der Waals surface area contributed by atoms with E-state index in [2.05, 4.69) is 0 Å². The second-order valence-electron chi connectivity index (χ2n) is 7.17. The van der Waals surface area contributed by atoms with E-state index in [1.165, 1.54) is 0 Å². The first kappa shape index (κ1) is 47.8. The highest BCUT2D eigenvalue weighted by Crippen LogP contribution is 2.76. The van der Waals surface area contributed by atoms with Crippen LogP contribution in [-0.2, 0) is 0 Å². The van der Waals surface area contributed by atoms with Crippen molar-refractivity contribution in [3.63, 3.8) is 0 Å². The summed E-state index contributed by atoms with van der Waals surface area (Å²) in [6.07, 6.45) is 0. The number of hydrogen-bond acceptors (Lipinski definition) is 0. The van der Waals surface area contributed by atoms with Gasteiger partial charge in [0.2, 0.25) is 7.59 Å². The van der Waals surface area contributed by atoms with E-state index in [4.69, 9.17) is 313 Å². The lowest BCUT2D eigenvalue weighted by atomic mass is 9.95. The molecule has 0 aromatic carbocycles. The van der Waals surface area contributed by atoms with Gasteiger partial charge in [-0.2, -0.15) is 0 Å². The van der Waals surface area contributed by atoms with Gasteiger partial charge in [-0.15, -0.1) is 34.8 Å². The summed E-state index contributed by atoms with van der Waals surface area (Å²) < 4.78 is -35.1. The molecule has 0 aliphatic heterocycles. The molecule has 0 aliphatic carbocycles. The van der Waals surface area contributed by atoms with Gasteiger partial charge in [-0.25, -0.2) is 0 Å². The largest absolute Gasteiger partial charge is 0.216 e. The van der Waals surface area contributed by atoms with Crippen LogP contribution >= 0.6 is 313 Å². The van der Waals surface area contributed by atoms with E-state index >= 15 is 0 Å². The second kappa shape index (κ2) is 14.3. The van der Waals surface area contributed by atoms with Crippen molar-refractivity contribution in [2.24, 2.45) is 0 Å². The zero-order valence-corrected chi connectivity index (χ0v) is 37.2. The third kappa shape index (κ3) is 7.23. The van der Waals surface area contributed by atoms with E-state index in [1.54, 1.807) is 0 Å². The lowest BCUT2D eigenvalue weighted by molar-refractivity contribution is 0.395. The van der Waals surface area contributed by atoms with E-state index in [1.807, 2.05) is 0 Å². The molecule has 0 aromatic rings. The molecule has 40 heavy (non-hydrogen) atoms. The van der Waals surface area contributed by atoms with Gasteiger partial charge >= 0.3 is 0 Å². The zero-order chi connectivity index (χ0) is 33.6. The minimum Gasteiger partial charge on any atom is -0.106 e. The van der Waals surface area contributed by atoms with Gasteiger partial charge in [0, 0.05) is 0 Å². The summed E-state index contributed by atoms with van der Waals surface area (Å²) in [5, 5.41) is 0. The fourth-order valence-corrected chi connectivity index (χ4v) is 12.2. The maximum atomic E-state index is 6.43. The molecule has 0 heterocycles. The first-order valence-corrected chi connectivity index (χ1v) is 18.5. The summed E-state index contributed by atoms with van der Waals surface area (Å²) in [6, 6.07) is 0. The molecule has 0 aromatic heterocycles. The quantitative estimate of drug-likeness (QED) is 0.191. The monoisotopic (exact) mass is 1100 g/mol. The van der Waals surface area contributed by atoms with Crippen LogP contribution in [-0.4, -0.2) is 56.3 Å². The molecule has 0 saturated heterocycles. The third-order valence-corrected chi connectivity index (χ3v) is 22.3. The van der Waals surface area contributed by atoms with Crippen molar-refractivity contribution in [2.75, 3.05) is 0 Å². The van der Waals surface area contributed by atoms with Crippen LogP contribution in [0.5, 0.6) is 0 Å².